The van der Waals surface area contributed by atoms with Gasteiger partial charge >= 0.3 is 0 Å². The van der Waals surface area contributed by atoms with Crippen molar-refractivity contribution in [2.45, 2.75) is 25.7 Å². The standard InChI is InChI=1S/C24H21BrFN7O2/c25-22-17-10-28-19(7-13-3-4-15(6-13)24(35)32-11-20(34)29-12-32)30-23(17)33(31-22)16-8-14-2-1-5-27-21(14)18(26)9-16/h1-2,5,8-10,13,15H,3-4,6-7,11-12H2,(H,29,34)/t13-,15-/m1/s1. The van der Waals surface area contributed by atoms with Crippen LogP contribution in [0.4, 0.5) is 4.39 Å². The van der Waals surface area contributed by atoms with Gasteiger partial charge in [0, 0.05) is 36.2 Å². The zero-order valence-corrected chi connectivity index (χ0v) is 20.2. The third kappa shape index (κ3) is 4.03. The van der Waals surface area contributed by atoms with Crippen LogP contribution in [0, 0.1) is 17.7 Å². The van der Waals surface area contributed by atoms with Crippen molar-refractivity contribution in [3.63, 3.8) is 0 Å². The van der Waals surface area contributed by atoms with Crippen LogP contribution in [0.2, 0.25) is 0 Å². The van der Waals surface area contributed by atoms with E-state index in [-0.39, 0.29) is 30.2 Å². The van der Waals surface area contributed by atoms with Crippen molar-refractivity contribution >= 4 is 49.7 Å². The molecule has 9 nitrogen and oxygen atoms in total. The van der Waals surface area contributed by atoms with Gasteiger partial charge in [0.15, 0.2) is 11.5 Å². The van der Waals surface area contributed by atoms with Crippen LogP contribution in [-0.2, 0) is 16.0 Å². The number of aromatic nitrogens is 5. The second kappa shape index (κ2) is 8.63. The summed E-state index contributed by atoms with van der Waals surface area (Å²) in [7, 11) is 0. The number of carbonyl (C=O) groups is 2. The highest BCUT2D eigenvalue weighted by Crippen LogP contribution is 2.35. The summed E-state index contributed by atoms with van der Waals surface area (Å²) in [6.07, 6.45) is 6.37. The largest absolute Gasteiger partial charge is 0.337 e. The van der Waals surface area contributed by atoms with Gasteiger partial charge in [-0.15, -0.1) is 0 Å². The van der Waals surface area contributed by atoms with Crippen LogP contribution in [0.5, 0.6) is 0 Å². The Morgan fingerprint density at radius 1 is 1.26 bits per heavy atom. The normalized spacial score (nSPS) is 20.2. The fraction of sp³-hybridized carbons (Fsp3) is 0.333. The smallest absolute Gasteiger partial charge is 0.241 e. The number of nitrogens with one attached hydrogen (secondary N) is 1. The Morgan fingerprint density at radius 3 is 2.97 bits per heavy atom. The first-order chi connectivity index (χ1) is 17.0. The van der Waals surface area contributed by atoms with Gasteiger partial charge in [0.05, 0.1) is 17.7 Å². The van der Waals surface area contributed by atoms with Gasteiger partial charge in [-0.3, -0.25) is 14.6 Å². The highest BCUT2D eigenvalue weighted by atomic mass is 79.9. The lowest BCUT2D eigenvalue weighted by Crippen LogP contribution is -2.34. The molecular formula is C24H21BrFN7O2. The number of rotatable bonds is 4. The molecule has 4 heterocycles. The average Bonchev–Trinajstić information content (AvgIpc) is 3.58. The number of nitrogens with zero attached hydrogens (tertiary/aromatic N) is 6. The van der Waals surface area contributed by atoms with Crippen LogP contribution < -0.4 is 5.32 Å². The summed E-state index contributed by atoms with van der Waals surface area (Å²) in [5, 5.41) is 8.61. The Balaban J connectivity index is 1.26. The van der Waals surface area contributed by atoms with Gasteiger partial charge in [-0.2, -0.15) is 5.10 Å². The van der Waals surface area contributed by atoms with Gasteiger partial charge in [-0.1, -0.05) is 6.07 Å². The summed E-state index contributed by atoms with van der Waals surface area (Å²) in [4.78, 5) is 39.2. The van der Waals surface area contributed by atoms with Crippen LogP contribution >= 0.6 is 15.9 Å². The average molecular weight is 538 g/mol. The molecule has 2 amide bonds. The molecule has 0 bridgehead atoms. The van der Waals surface area contributed by atoms with Crippen LogP contribution in [0.25, 0.3) is 27.6 Å². The van der Waals surface area contributed by atoms with Crippen LogP contribution in [0.1, 0.15) is 25.1 Å². The Hall–Kier alpha value is -3.47. The van der Waals surface area contributed by atoms with Crippen molar-refractivity contribution in [3.8, 4) is 5.69 Å². The molecule has 6 rings (SSSR count). The van der Waals surface area contributed by atoms with Gasteiger partial charge in [0.2, 0.25) is 11.8 Å². The second-order valence-corrected chi connectivity index (χ2v) is 9.85. The molecule has 0 unspecified atom stereocenters. The first kappa shape index (κ1) is 22.0. The molecule has 35 heavy (non-hydrogen) atoms. The molecule has 1 aromatic carbocycles. The van der Waals surface area contributed by atoms with E-state index in [1.54, 1.807) is 28.0 Å². The summed E-state index contributed by atoms with van der Waals surface area (Å²) in [6, 6.07) is 6.81. The molecule has 2 atom stereocenters. The number of carbonyl (C=O) groups excluding carboxylic acids is 2. The highest BCUT2D eigenvalue weighted by molar-refractivity contribution is 9.10. The van der Waals surface area contributed by atoms with Crippen molar-refractivity contribution in [1.29, 1.82) is 0 Å². The molecule has 1 aliphatic carbocycles. The molecule has 2 fully saturated rings. The van der Waals surface area contributed by atoms with Crippen molar-refractivity contribution in [3.05, 3.63) is 52.9 Å². The van der Waals surface area contributed by atoms with Crippen LogP contribution in [0.15, 0.2) is 41.3 Å². The number of hydrogen-bond acceptors (Lipinski definition) is 6. The third-order valence-corrected chi connectivity index (χ3v) is 7.38. The Bertz CT molecular complexity index is 1490. The number of fused-ring (bicyclic) bond motifs is 2. The van der Waals surface area contributed by atoms with Crippen molar-refractivity contribution in [2.75, 3.05) is 13.2 Å². The summed E-state index contributed by atoms with van der Waals surface area (Å²) in [5.41, 5.74) is 1.43. The fourth-order valence-electron chi connectivity index (χ4n) is 5.06. The van der Waals surface area contributed by atoms with Crippen molar-refractivity contribution < 1.29 is 14.0 Å². The van der Waals surface area contributed by atoms with Crippen LogP contribution in [-0.4, -0.2) is 54.7 Å². The summed E-state index contributed by atoms with van der Waals surface area (Å²) in [6.45, 7) is 0.437. The maximum Gasteiger partial charge on any atom is 0.241 e. The summed E-state index contributed by atoms with van der Waals surface area (Å²) >= 11 is 3.47. The molecule has 11 heteroatoms. The van der Waals surface area contributed by atoms with E-state index in [2.05, 4.69) is 36.3 Å². The lowest BCUT2D eigenvalue weighted by Gasteiger charge is -2.18. The topological polar surface area (TPSA) is 106 Å². The number of hydrogen-bond donors (Lipinski definition) is 1. The zero-order valence-electron chi connectivity index (χ0n) is 18.6. The predicted molar refractivity (Wildman–Crippen MR) is 129 cm³/mol. The monoisotopic (exact) mass is 537 g/mol. The van der Waals surface area contributed by atoms with E-state index in [1.165, 1.54) is 6.07 Å². The lowest BCUT2D eigenvalue weighted by atomic mass is 10.0. The van der Waals surface area contributed by atoms with Gasteiger partial charge in [0.1, 0.15) is 22.5 Å². The second-order valence-electron chi connectivity index (χ2n) is 9.10. The molecular weight excluding hydrogens is 517 g/mol. The van der Waals surface area contributed by atoms with Crippen molar-refractivity contribution in [1.82, 2.24) is 34.9 Å². The molecule has 178 valence electrons. The highest BCUT2D eigenvalue weighted by Gasteiger charge is 2.35. The SMILES string of the molecule is O=C1CN(C(=O)[C@@H]2CC[C@@H](Cc3ncc4c(Br)nn(-c5cc(F)c6ncccc6c5)c4n3)C2)CN1. The molecule has 2 aliphatic rings. The molecule has 1 saturated heterocycles. The third-order valence-electron chi connectivity index (χ3n) is 6.79. The van der Waals surface area contributed by atoms with Gasteiger partial charge in [0.25, 0.3) is 0 Å². The number of pyridine rings is 1. The molecule has 1 N–H and O–H groups in total. The van der Waals surface area contributed by atoms with E-state index in [1.807, 2.05) is 12.1 Å². The first-order valence-electron chi connectivity index (χ1n) is 11.5. The van der Waals surface area contributed by atoms with E-state index >= 15 is 0 Å². The minimum Gasteiger partial charge on any atom is -0.337 e. The van der Waals surface area contributed by atoms with Gasteiger partial charge in [-0.05, 0) is 53.2 Å². The number of halogens is 2. The first-order valence-corrected chi connectivity index (χ1v) is 12.3. The Morgan fingerprint density at radius 2 is 2.14 bits per heavy atom. The lowest BCUT2D eigenvalue weighted by molar-refractivity contribution is -0.135. The van der Waals surface area contributed by atoms with E-state index in [4.69, 9.17) is 4.98 Å². The maximum absolute atomic E-state index is 14.7. The predicted octanol–water partition coefficient (Wildman–Crippen LogP) is 3.14. The molecule has 1 aliphatic heterocycles. The maximum atomic E-state index is 14.7. The minimum absolute atomic E-state index is 0.0389. The molecule has 4 aromatic rings. The summed E-state index contributed by atoms with van der Waals surface area (Å²) < 4.78 is 16.9. The minimum atomic E-state index is -0.427. The zero-order chi connectivity index (χ0) is 24.1. The molecule has 0 radical (unpaired) electrons. The molecule has 0 spiro atoms. The van der Waals surface area contributed by atoms with E-state index < -0.39 is 5.82 Å². The molecule has 3 aromatic heterocycles. The van der Waals surface area contributed by atoms with E-state index in [0.29, 0.717) is 45.8 Å². The van der Waals surface area contributed by atoms with Crippen LogP contribution in [0.3, 0.4) is 0 Å². The molecule has 1 saturated carbocycles. The van der Waals surface area contributed by atoms with Gasteiger partial charge in [-0.25, -0.2) is 19.0 Å². The van der Waals surface area contributed by atoms with Crippen molar-refractivity contribution in [2.24, 2.45) is 11.8 Å². The number of amides is 2. The number of benzene rings is 1. The van der Waals surface area contributed by atoms with E-state index in [9.17, 15) is 14.0 Å². The van der Waals surface area contributed by atoms with Gasteiger partial charge < -0.3 is 10.2 Å². The Labute approximate surface area is 207 Å². The summed E-state index contributed by atoms with van der Waals surface area (Å²) in [5.74, 6) is 0.354. The Kier molecular flexibility index (Phi) is 5.43. The van der Waals surface area contributed by atoms with E-state index in [0.717, 1.165) is 24.6 Å². The fourth-order valence-corrected chi connectivity index (χ4v) is 5.50. The quantitative estimate of drug-likeness (QED) is 0.428.